The van der Waals surface area contributed by atoms with Gasteiger partial charge in [0.2, 0.25) is 5.91 Å². The molecule has 0 aliphatic carbocycles. The number of rotatable bonds is 6. The average molecular weight is 439 g/mol. The van der Waals surface area contributed by atoms with E-state index in [4.69, 9.17) is 4.74 Å². The molecule has 0 aromatic heterocycles. The highest BCUT2D eigenvalue weighted by Gasteiger charge is 2.23. The van der Waals surface area contributed by atoms with E-state index in [1.54, 1.807) is 48.2 Å². The Morgan fingerprint density at radius 2 is 2.04 bits per heavy atom. The van der Waals surface area contributed by atoms with Gasteiger partial charge in [-0.3, -0.25) is 9.52 Å². The number of benzene rings is 2. The lowest BCUT2D eigenvalue weighted by atomic mass is 10.2. The topological polar surface area (TPSA) is 75.7 Å². The van der Waals surface area contributed by atoms with E-state index in [-0.39, 0.29) is 16.6 Å². The molecule has 0 saturated carbocycles. The van der Waals surface area contributed by atoms with Crippen molar-refractivity contribution in [2.45, 2.75) is 24.7 Å². The van der Waals surface area contributed by atoms with Crippen molar-refractivity contribution in [2.75, 3.05) is 22.8 Å². The molecule has 1 N–H and O–H groups in total. The fraction of sp³-hybridized carbons (Fsp3) is 0.278. The summed E-state index contributed by atoms with van der Waals surface area (Å²) in [4.78, 5) is 13.6. The lowest BCUT2D eigenvalue weighted by Gasteiger charge is -2.17. The van der Waals surface area contributed by atoms with E-state index < -0.39 is 10.0 Å². The summed E-state index contributed by atoms with van der Waals surface area (Å²) in [5.41, 5.74) is 1.08. The molecule has 0 bridgehead atoms. The van der Waals surface area contributed by atoms with Crippen molar-refractivity contribution >= 4 is 43.2 Å². The first-order valence-electron chi connectivity index (χ1n) is 8.26. The number of anilines is 2. The van der Waals surface area contributed by atoms with Crippen LogP contribution in [-0.2, 0) is 14.8 Å². The predicted molar refractivity (Wildman–Crippen MR) is 104 cm³/mol. The fourth-order valence-corrected chi connectivity index (χ4v) is 4.57. The van der Waals surface area contributed by atoms with Crippen molar-refractivity contribution in [2.24, 2.45) is 0 Å². The van der Waals surface area contributed by atoms with Crippen LogP contribution >= 0.6 is 15.9 Å². The van der Waals surface area contributed by atoms with Crippen LogP contribution in [0, 0.1) is 0 Å². The van der Waals surface area contributed by atoms with Gasteiger partial charge >= 0.3 is 0 Å². The zero-order valence-electron chi connectivity index (χ0n) is 14.2. The van der Waals surface area contributed by atoms with Crippen LogP contribution in [-0.4, -0.2) is 27.5 Å². The summed E-state index contributed by atoms with van der Waals surface area (Å²) >= 11 is 3.30. The third-order valence-electron chi connectivity index (χ3n) is 3.98. The van der Waals surface area contributed by atoms with Gasteiger partial charge in [0.05, 0.1) is 12.3 Å². The first kappa shape index (κ1) is 18.7. The van der Waals surface area contributed by atoms with Gasteiger partial charge in [-0.25, -0.2) is 8.42 Å². The number of amides is 1. The number of hydrogen-bond acceptors (Lipinski definition) is 4. The summed E-state index contributed by atoms with van der Waals surface area (Å²) < 4.78 is 34.4. The van der Waals surface area contributed by atoms with Crippen LogP contribution in [0.2, 0.25) is 0 Å². The number of sulfonamides is 1. The molecule has 2 aromatic rings. The van der Waals surface area contributed by atoms with E-state index in [9.17, 15) is 13.2 Å². The van der Waals surface area contributed by atoms with Gasteiger partial charge < -0.3 is 9.64 Å². The monoisotopic (exact) mass is 438 g/mol. The van der Waals surface area contributed by atoms with Crippen LogP contribution in [0.3, 0.4) is 0 Å². The molecule has 1 saturated heterocycles. The number of nitrogens with one attached hydrogen (secondary N) is 1. The van der Waals surface area contributed by atoms with Crippen LogP contribution in [0.25, 0.3) is 0 Å². The molecule has 0 radical (unpaired) electrons. The third kappa shape index (κ3) is 4.02. The Morgan fingerprint density at radius 3 is 2.73 bits per heavy atom. The zero-order valence-corrected chi connectivity index (χ0v) is 16.6. The van der Waals surface area contributed by atoms with Crippen LogP contribution < -0.4 is 14.4 Å². The Balaban J connectivity index is 1.91. The molecule has 0 spiro atoms. The number of hydrogen-bond donors (Lipinski definition) is 1. The standard InChI is InChI=1S/C18H19BrN2O4S/c1-2-25-16-9-8-13(19)11-17(16)26(23,24)20-14-5-3-6-15(12-14)21-10-4-7-18(21)22/h3,5-6,8-9,11-12,20H,2,4,7,10H2,1H3. The minimum absolute atomic E-state index is 0.0515. The molecule has 2 aromatic carbocycles. The smallest absolute Gasteiger partial charge is 0.265 e. The fourth-order valence-electron chi connectivity index (χ4n) is 2.84. The van der Waals surface area contributed by atoms with E-state index in [1.165, 1.54) is 6.07 Å². The lowest BCUT2D eigenvalue weighted by Crippen LogP contribution is -2.23. The molecule has 26 heavy (non-hydrogen) atoms. The van der Waals surface area contributed by atoms with Gasteiger partial charge in [0, 0.05) is 23.1 Å². The van der Waals surface area contributed by atoms with E-state index in [1.807, 2.05) is 0 Å². The molecule has 1 fully saturated rings. The van der Waals surface area contributed by atoms with Gasteiger partial charge in [0.1, 0.15) is 10.6 Å². The molecular weight excluding hydrogens is 420 g/mol. The van der Waals surface area contributed by atoms with Gasteiger partial charge in [-0.15, -0.1) is 0 Å². The molecular formula is C18H19BrN2O4S. The van der Waals surface area contributed by atoms with Gasteiger partial charge in [-0.1, -0.05) is 22.0 Å². The first-order valence-corrected chi connectivity index (χ1v) is 10.5. The second-order valence-electron chi connectivity index (χ2n) is 5.83. The predicted octanol–water partition coefficient (Wildman–Crippen LogP) is 3.78. The Labute approximate surface area is 161 Å². The van der Waals surface area contributed by atoms with E-state index >= 15 is 0 Å². The number of ether oxygens (including phenoxy) is 1. The van der Waals surface area contributed by atoms with Crippen molar-refractivity contribution in [3.05, 3.63) is 46.9 Å². The van der Waals surface area contributed by atoms with Crippen molar-refractivity contribution in [1.82, 2.24) is 0 Å². The molecule has 3 rings (SSSR count). The molecule has 0 atom stereocenters. The normalized spacial score (nSPS) is 14.5. The lowest BCUT2D eigenvalue weighted by molar-refractivity contribution is -0.117. The molecule has 8 heteroatoms. The van der Waals surface area contributed by atoms with Gasteiger partial charge in [-0.05, 0) is 49.7 Å². The maximum Gasteiger partial charge on any atom is 0.265 e. The zero-order chi connectivity index (χ0) is 18.7. The van der Waals surface area contributed by atoms with Crippen molar-refractivity contribution in [1.29, 1.82) is 0 Å². The molecule has 1 aliphatic rings. The second kappa shape index (κ2) is 7.67. The second-order valence-corrected chi connectivity index (χ2v) is 8.40. The highest BCUT2D eigenvalue weighted by molar-refractivity contribution is 9.10. The number of nitrogens with zero attached hydrogens (tertiary/aromatic N) is 1. The van der Waals surface area contributed by atoms with E-state index in [2.05, 4.69) is 20.7 Å². The van der Waals surface area contributed by atoms with Gasteiger partial charge in [-0.2, -0.15) is 0 Å². The number of carbonyl (C=O) groups excluding carboxylic acids is 1. The van der Waals surface area contributed by atoms with Crippen LogP contribution in [0.4, 0.5) is 11.4 Å². The SMILES string of the molecule is CCOc1ccc(Br)cc1S(=O)(=O)Nc1cccc(N2CCCC2=O)c1. The summed E-state index contributed by atoms with van der Waals surface area (Å²) in [6.07, 6.45) is 1.33. The molecule has 1 heterocycles. The minimum Gasteiger partial charge on any atom is -0.492 e. The maximum atomic E-state index is 12.9. The van der Waals surface area contributed by atoms with Gasteiger partial charge in [0.25, 0.3) is 10.0 Å². The Morgan fingerprint density at radius 1 is 1.23 bits per heavy atom. The Hall–Kier alpha value is -2.06. The van der Waals surface area contributed by atoms with E-state index in [0.29, 0.717) is 35.4 Å². The van der Waals surface area contributed by atoms with Gasteiger partial charge in [0.15, 0.2) is 0 Å². The van der Waals surface area contributed by atoms with Crippen molar-refractivity contribution in [3.8, 4) is 5.75 Å². The largest absolute Gasteiger partial charge is 0.492 e. The summed E-state index contributed by atoms with van der Waals surface area (Å²) in [6.45, 7) is 2.80. The average Bonchev–Trinajstić information content (AvgIpc) is 3.02. The minimum atomic E-state index is -3.85. The van der Waals surface area contributed by atoms with Crippen molar-refractivity contribution < 1.29 is 17.9 Å². The third-order valence-corrected chi connectivity index (χ3v) is 5.87. The van der Waals surface area contributed by atoms with Crippen molar-refractivity contribution in [3.63, 3.8) is 0 Å². The number of halogens is 1. The highest BCUT2D eigenvalue weighted by atomic mass is 79.9. The molecule has 6 nitrogen and oxygen atoms in total. The molecule has 1 amide bonds. The number of carbonyl (C=O) groups is 1. The quantitative estimate of drug-likeness (QED) is 0.744. The van der Waals surface area contributed by atoms with E-state index in [0.717, 1.165) is 6.42 Å². The molecule has 1 aliphatic heterocycles. The molecule has 0 unspecified atom stereocenters. The molecule has 138 valence electrons. The Kier molecular flexibility index (Phi) is 5.52. The Bertz CT molecular complexity index is 931. The highest BCUT2D eigenvalue weighted by Crippen LogP contribution is 2.30. The summed E-state index contributed by atoms with van der Waals surface area (Å²) in [5.74, 6) is 0.338. The first-order chi connectivity index (χ1) is 12.4. The maximum absolute atomic E-state index is 12.9. The summed E-state index contributed by atoms with van der Waals surface area (Å²) in [6, 6.07) is 11.7. The van der Waals surface area contributed by atoms with Crippen LogP contribution in [0.15, 0.2) is 51.8 Å². The van der Waals surface area contributed by atoms with Crippen LogP contribution in [0.5, 0.6) is 5.75 Å². The van der Waals surface area contributed by atoms with Crippen LogP contribution in [0.1, 0.15) is 19.8 Å². The summed E-state index contributed by atoms with van der Waals surface area (Å²) in [5, 5.41) is 0. The summed E-state index contributed by atoms with van der Waals surface area (Å²) in [7, 11) is -3.85.